The van der Waals surface area contributed by atoms with Gasteiger partial charge in [0.25, 0.3) is 0 Å². The summed E-state index contributed by atoms with van der Waals surface area (Å²) >= 11 is 0. The van der Waals surface area contributed by atoms with Crippen LogP contribution in [0.1, 0.15) is 23.0 Å². The number of carbonyl (C=O) groups excluding carboxylic acids is 1. The maximum atomic E-state index is 12.7. The average Bonchev–Trinajstić information content (AvgIpc) is 3.34. The molecule has 7 heteroatoms. The van der Waals surface area contributed by atoms with Gasteiger partial charge in [-0.15, -0.1) is 0 Å². The number of rotatable bonds is 4. The van der Waals surface area contributed by atoms with Gasteiger partial charge in [0.15, 0.2) is 11.5 Å². The molecule has 0 radical (unpaired) electrons. The van der Waals surface area contributed by atoms with Gasteiger partial charge in [0.1, 0.15) is 11.7 Å². The number of benzene rings is 1. The highest BCUT2D eigenvalue weighted by atomic mass is 16.5. The molecule has 0 bridgehead atoms. The number of aromatic nitrogens is 3. The lowest BCUT2D eigenvalue weighted by atomic mass is 10.2. The first-order valence-electron chi connectivity index (χ1n) is 8.76. The van der Waals surface area contributed by atoms with Crippen LogP contribution in [0.25, 0.3) is 22.5 Å². The zero-order valence-electron chi connectivity index (χ0n) is 15.2. The molecule has 0 amide bonds. The van der Waals surface area contributed by atoms with Gasteiger partial charge in [-0.1, -0.05) is 18.2 Å². The number of para-hydroxylation sites is 1. The van der Waals surface area contributed by atoms with Crippen LogP contribution in [-0.4, -0.2) is 26.7 Å². The molecule has 0 unspecified atom stereocenters. The molecule has 0 aliphatic rings. The lowest BCUT2D eigenvalue weighted by Gasteiger charge is -2.11. The first-order valence-corrected chi connectivity index (χ1v) is 8.76. The minimum atomic E-state index is -0.539. The molecule has 7 nitrogen and oxygen atoms in total. The Balaban J connectivity index is 2.11. The van der Waals surface area contributed by atoms with E-state index in [1.54, 1.807) is 34.5 Å². The minimum absolute atomic E-state index is 0.198. The van der Waals surface area contributed by atoms with E-state index in [1.807, 2.05) is 42.5 Å². The molecule has 4 rings (SSSR count). The molecule has 0 spiro atoms. The second kappa shape index (κ2) is 6.93. The van der Waals surface area contributed by atoms with E-state index in [0.29, 0.717) is 22.4 Å². The van der Waals surface area contributed by atoms with E-state index in [0.717, 1.165) is 5.69 Å². The fourth-order valence-electron chi connectivity index (χ4n) is 3.20. The molecule has 28 heavy (non-hydrogen) atoms. The van der Waals surface area contributed by atoms with Crippen LogP contribution >= 0.6 is 0 Å². The van der Waals surface area contributed by atoms with Crippen LogP contribution in [0.3, 0.4) is 0 Å². The number of anilines is 1. The minimum Gasteiger partial charge on any atom is -0.461 e. The largest absolute Gasteiger partial charge is 0.461 e. The van der Waals surface area contributed by atoms with Gasteiger partial charge in [-0.05, 0) is 37.3 Å². The first-order chi connectivity index (χ1) is 13.7. The van der Waals surface area contributed by atoms with Crippen molar-refractivity contribution in [1.29, 1.82) is 5.26 Å². The smallest absolute Gasteiger partial charge is 0.357 e. The summed E-state index contributed by atoms with van der Waals surface area (Å²) in [6.45, 7) is 1.96. The van der Waals surface area contributed by atoms with Gasteiger partial charge in [0.05, 0.1) is 17.9 Å². The Kier molecular flexibility index (Phi) is 4.30. The highest BCUT2D eigenvalue weighted by molar-refractivity contribution is 6.06. The summed E-state index contributed by atoms with van der Waals surface area (Å²) in [5.74, 6) is -0.0760. The predicted molar refractivity (Wildman–Crippen MR) is 105 cm³/mol. The van der Waals surface area contributed by atoms with Crippen molar-refractivity contribution in [1.82, 2.24) is 14.1 Å². The SMILES string of the molecule is CCOC(=O)c1c(N)c2cc(C#N)c(-n3cccc3)nc2n1-c1ccccc1. The zero-order chi connectivity index (χ0) is 19.7. The van der Waals surface area contributed by atoms with Crippen molar-refractivity contribution in [2.45, 2.75) is 6.92 Å². The Morgan fingerprint density at radius 3 is 2.57 bits per heavy atom. The number of fused-ring (bicyclic) bond motifs is 1. The van der Waals surface area contributed by atoms with Crippen molar-refractivity contribution in [3.05, 3.63) is 72.2 Å². The lowest BCUT2D eigenvalue weighted by Crippen LogP contribution is -2.13. The summed E-state index contributed by atoms with van der Waals surface area (Å²) in [5.41, 5.74) is 8.32. The molecule has 0 aliphatic carbocycles. The van der Waals surface area contributed by atoms with Crippen molar-refractivity contribution >= 4 is 22.7 Å². The van der Waals surface area contributed by atoms with Crippen molar-refractivity contribution in [3.8, 4) is 17.6 Å². The zero-order valence-corrected chi connectivity index (χ0v) is 15.2. The van der Waals surface area contributed by atoms with Gasteiger partial charge in [0.2, 0.25) is 0 Å². The van der Waals surface area contributed by atoms with Crippen LogP contribution in [0.4, 0.5) is 5.69 Å². The number of pyridine rings is 1. The van der Waals surface area contributed by atoms with Crippen LogP contribution in [0, 0.1) is 11.3 Å². The normalized spacial score (nSPS) is 10.7. The molecule has 1 aromatic carbocycles. The van der Waals surface area contributed by atoms with E-state index in [2.05, 4.69) is 6.07 Å². The number of hydrogen-bond acceptors (Lipinski definition) is 5. The first kappa shape index (κ1) is 17.4. The molecule has 3 heterocycles. The lowest BCUT2D eigenvalue weighted by molar-refractivity contribution is 0.0519. The molecule has 0 atom stereocenters. The number of nitrogens with two attached hydrogens (primary N) is 1. The Morgan fingerprint density at radius 2 is 1.93 bits per heavy atom. The highest BCUT2D eigenvalue weighted by Crippen LogP contribution is 2.33. The summed E-state index contributed by atoms with van der Waals surface area (Å²) in [7, 11) is 0. The Labute approximate surface area is 161 Å². The van der Waals surface area contributed by atoms with Crippen LogP contribution in [0.15, 0.2) is 60.9 Å². The highest BCUT2D eigenvalue weighted by Gasteiger charge is 2.25. The summed E-state index contributed by atoms with van der Waals surface area (Å²) in [5, 5.41) is 10.1. The number of nitriles is 1. The Bertz CT molecular complexity index is 1200. The van der Waals surface area contributed by atoms with Gasteiger partial charge < -0.3 is 15.0 Å². The van der Waals surface area contributed by atoms with Gasteiger partial charge >= 0.3 is 5.97 Å². The van der Waals surface area contributed by atoms with Crippen LogP contribution < -0.4 is 5.73 Å². The predicted octanol–water partition coefficient (Wildman–Crippen LogP) is 3.45. The monoisotopic (exact) mass is 371 g/mol. The third-order valence-electron chi connectivity index (χ3n) is 4.42. The number of hydrogen-bond donors (Lipinski definition) is 1. The average molecular weight is 371 g/mol. The molecule has 0 fully saturated rings. The molecule has 2 N–H and O–H groups in total. The van der Waals surface area contributed by atoms with Crippen LogP contribution in [-0.2, 0) is 4.74 Å². The van der Waals surface area contributed by atoms with Crippen LogP contribution in [0.5, 0.6) is 0 Å². The van der Waals surface area contributed by atoms with E-state index in [4.69, 9.17) is 15.5 Å². The fourth-order valence-corrected chi connectivity index (χ4v) is 3.20. The molecule has 0 saturated heterocycles. The van der Waals surface area contributed by atoms with E-state index in [-0.39, 0.29) is 18.0 Å². The maximum Gasteiger partial charge on any atom is 0.357 e. The maximum absolute atomic E-state index is 12.7. The molecule has 0 aliphatic heterocycles. The topological polar surface area (TPSA) is 98.9 Å². The molecule has 138 valence electrons. The number of nitrogen functional groups attached to an aromatic ring is 1. The summed E-state index contributed by atoms with van der Waals surface area (Å²) in [6.07, 6.45) is 3.61. The number of esters is 1. The molecule has 3 aromatic heterocycles. The summed E-state index contributed by atoms with van der Waals surface area (Å²) in [6, 6.07) is 16.8. The molecular weight excluding hydrogens is 354 g/mol. The summed E-state index contributed by atoms with van der Waals surface area (Å²) < 4.78 is 8.65. The number of carbonyl (C=O) groups is 1. The van der Waals surface area contributed by atoms with Gasteiger partial charge in [-0.25, -0.2) is 9.78 Å². The van der Waals surface area contributed by atoms with Crippen molar-refractivity contribution < 1.29 is 9.53 Å². The second-order valence-corrected chi connectivity index (χ2v) is 6.09. The fraction of sp³-hybridized carbons (Fsp3) is 0.0952. The van der Waals surface area contributed by atoms with E-state index >= 15 is 0 Å². The van der Waals surface area contributed by atoms with E-state index in [1.165, 1.54) is 0 Å². The van der Waals surface area contributed by atoms with E-state index < -0.39 is 5.97 Å². The molecular formula is C21H17N5O2. The standard InChI is InChI=1S/C21H17N5O2/c1-2-28-21(27)18-17(23)16-12-14(13-22)19(25-10-6-7-11-25)24-20(16)26(18)15-8-4-3-5-9-15/h3-12H,2,23H2,1H3. The van der Waals surface area contributed by atoms with Gasteiger partial charge in [0, 0.05) is 23.5 Å². The number of ether oxygens (including phenoxy) is 1. The van der Waals surface area contributed by atoms with Gasteiger partial charge in [-0.3, -0.25) is 4.57 Å². The molecule has 0 saturated carbocycles. The van der Waals surface area contributed by atoms with Crippen LogP contribution in [0.2, 0.25) is 0 Å². The molecule has 4 aromatic rings. The van der Waals surface area contributed by atoms with Gasteiger partial charge in [-0.2, -0.15) is 5.26 Å². The van der Waals surface area contributed by atoms with E-state index in [9.17, 15) is 10.1 Å². The second-order valence-electron chi connectivity index (χ2n) is 6.09. The van der Waals surface area contributed by atoms with Crippen molar-refractivity contribution in [2.24, 2.45) is 0 Å². The quantitative estimate of drug-likeness (QED) is 0.554. The van der Waals surface area contributed by atoms with Crippen molar-refractivity contribution in [2.75, 3.05) is 12.3 Å². The Hall–Kier alpha value is -4.05. The Morgan fingerprint density at radius 1 is 1.21 bits per heavy atom. The van der Waals surface area contributed by atoms with Crippen molar-refractivity contribution in [3.63, 3.8) is 0 Å². The third kappa shape index (κ3) is 2.68. The summed E-state index contributed by atoms with van der Waals surface area (Å²) in [4.78, 5) is 17.4. The third-order valence-corrected chi connectivity index (χ3v) is 4.42. The number of nitrogens with zero attached hydrogens (tertiary/aromatic N) is 4.